The summed E-state index contributed by atoms with van der Waals surface area (Å²) in [6, 6.07) is 20.6. The molecule has 0 fully saturated rings. The Morgan fingerprint density at radius 3 is 1.94 bits per heavy atom. The van der Waals surface area contributed by atoms with Crippen molar-refractivity contribution in [2.75, 3.05) is 0 Å². The van der Waals surface area contributed by atoms with Crippen LogP contribution >= 0.6 is 24.8 Å². The maximum Gasteiger partial charge on any atom is -0.147 e. The van der Waals surface area contributed by atoms with Gasteiger partial charge in [-0.3, -0.25) is 0 Å². The third-order valence-electron chi connectivity index (χ3n) is 8.99. The Labute approximate surface area is 209 Å². The van der Waals surface area contributed by atoms with E-state index >= 15 is 0 Å². The molecule has 1 nitrogen and oxygen atoms in total. The van der Waals surface area contributed by atoms with Crippen LogP contribution in [0.4, 0.5) is 0 Å². The molecule has 4 rings (SSSR count). The number of rotatable bonds is 3. The van der Waals surface area contributed by atoms with Crippen molar-refractivity contribution in [2.24, 2.45) is 0 Å². The number of nitrogens with one attached hydrogen (secondary N) is 1. The monoisotopic (exact) mass is 566 g/mol. The van der Waals surface area contributed by atoms with E-state index in [1.165, 1.54) is 16.5 Å². The zero-order valence-electron chi connectivity index (χ0n) is 20.8. The smallest absolute Gasteiger partial charge is 0.147 e. The fourth-order valence-electron chi connectivity index (χ4n) is 8.57. The van der Waals surface area contributed by atoms with Gasteiger partial charge in [0, 0.05) is 0 Å². The van der Waals surface area contributed by atoms with Crippen molar-refractivity contribution >= 4 is 51.1 Å². The summed E-state index contributed by atoms with van der Waals surface area (Å²) in [4.78, 5) is 4.07. The number of hydrogen-bond donors (Lipinski definition) is 1. The van der Waals surface area contributed by atoms with Gasteiger partial charge in [0.2, 0.25) is 0 Å². The van der Waals surface area contributed by atoms with Crippen molar-refractivity contribution in [1.29, 1.82) is 0 Å². The summed E-state index contributed by atoms with van der Waals surface area (Å²) in [7, 11) is 0. The first kappa shape index (κ1) is 27.6. The molecule has 0 amide bonds. The van der Waals surface area contributed by atoms with Crippen LogP contribution in [0.5, 0.6) is 0 Å². The number of para-hydroxylation sites is 1. The minimum absolute atomic E-state index is 0. The van der Waals surface area contributed by atoms with Gasteiger partial charge in [-0.05, 0) is 0 Å². The Morgan fingerprint density at radius 1 is 0.812 bits per heavy atom. The van der Waals surface area contributed by atoms with Crippen LogP contribution in [-0.2, 0) is 17.9 Å². The molecule has 0 spiro atoms. The van der Waals surface area contributed by atoms with Gasteiger partial charge in [0.05, 0.1) is 0 Å². The van der Waals surface area contributed by atoms with Crippen LogP contribution in [0.1, 0.15) is 56.3 Å². The van der Waals surface area contributed by atoms with E-state index in [2.05, 4.69) is 126 Å². The fourth-order valence-corrected chi connectivity index (χ4v) is 71.9. The quantitative estimate of drug-likeness (QED) is 0.305. The minimum atomic E-state index is -3.95. The van der Waals surface area contributed by atoms with Crippen LogP contribution in [0.2, 0.25) is 19.3 Å². The number of aromatic amines is 1. The van der Waals surface area contributed by atoms with Gasteiger partial charge >= 0.3 is 186 Å². The second kappa shape index (κ2) is 8.88. The summed E-state index contributed by atoms with van der Waals surface area (Å²) >= 11 is -3.95. The van der Waals surface area contributed by atoms with Crippen molar-refractivity contribution in [3.8, 4) is 0 Å². The number of H-pyrrole nitrogens is 1. The van der Waals surface area contributed by atoms with Gasteiger partial charge in [-0.1, -0.05) is 0 Å². The third-order valence-corrected chi connectivity index (χ3v) is 67.1. The fraction of sp³-hybridized carbons (Fsp3) is 0.407. The van der Waals surface area contributed by atoms with E-state index in [0.717, 1.165) is 0 Å². The minimum Gasteiger partial charge on any atom is -0.147 e. The first-order chi connectivity index (χ1) is 14.0. The Hall–Kier alpha value is -0.600. The zero-order chi connectivity index (χ0) is 22.0. The number of fused-ring (bicyclic) bond motifs is 2. The molecule has 3 aromatic rings. The van der Waals surface area contributed by atoms with Crippen molar-refractivity contribution in [1.82, 2.24) is 4.98 Å². The normalized spacial score (nSPS) is 17.4. The summed E-state index contributed by atoms with van der Waals surface area (Å²) in [5.74, 6) is -1.18. The van der Waals surface area contributed by atoms with Crippen molar-refractivity contribution in [3.63, 3.8) is 0 Å². The van der Waals surface area contributed by atoms with Gasteiger partial charge in [0.25, 0.3) is 0 Å². The standard InChI is InChI=1S/C9H7.C8H6N.2C4H9.C2H7Si.2ClH.Zr/c1-2-5-9-7-3-6-8(9)4-1;1-2-4-8-7(3-1)5-6-9-8;2*1-4(2)3;1-3-2;;;/h1-7H;1-5,9H;2*1-3H3;3H,1-2H3;2*1H;. The summed E-state index contributed by atoms with van der Waals surface area (Å²) in [6.07, 6.45) is 5.04. The molecule has 32 heavy (non-hydrogen) atoms. The number of hydrogen-bond acceptors (Lipinski definition) is 0. The topological polar surface area (TPSA) is 15.8 Å². The Kier molecular flexibility index (Phi) is 7.67. The van der Waals surface area contributed by atoms with Crippen molar-refractivity contribution < 1.29 is 17.9 Å². The molecular weight excluding hydrogens is 529 g/mol. The van der Waals surface area contributed by atoms with E-state index in [-0.39, 0.29) is 31.1 Å². The van der Waals surface area contributed by atoms with Gasteiger partial charge in [-0.25, -0.2) is 0 Å². The van der Waals surface area contributed by atoms with Crippen LogP contribution < -0.4 is 3.40 Å². The predicted molar refractivity (Wildman–Crippen MR) is 149 cm³/mol. The SMILES string of the molecule is C[SiH](C)[Zr]([c]1cc2ccccc2[nH]1)([CH]1C=Cc2ccccc21)([C](C)(C)C)[C](C)(C)C.Cl.Cl. The Morgan fingerprint density at radius 2 is 1.38 bits per heavy atom. The third kappa shape index (κ3) is 3.18. The van der Waals surface area contributed by atoms with E-state index in [1.807, 2.05) is 0 Å². The summed E-state index contributed by atoms with van der Waals surface area (Å²) in [6.45, 7) is 20.8. The largest absolute Gasteiger partial charge is 0.147 e. The van der Waals surface area contributed by atoms with Crippen molar-refractivity contribution in [2.45, 2.75) is 64.5 Å². The van der Waals surface area contributed by atoms with E-state index < -0.39 is 23.9 Å². The van der Waals surface area contributed by atoms with E-state index in [9.17, 15) is 0 Å². The molecule has 1 aliphatic carbocycles. The van der Waals surface area contributed by atoms with Gasteiger partial charge in [-0.2, -0.15) is 0 Å². The molecule has 0 aliphatic heterocycles. The van der Waals surface area contributed by atoms with E-state index in [4.69, 9.17) is 0 Å². The van der Waals surface area contributed by atoms with Crippen LogP contribution in [0.25, 0.3) is 17.0 Å². The average molecular weight is 569 g/mol. The van der Waals surface area contributed by atoms with Crippen LogP contribution in [0.15, 0.2) is 60.7 Å². The van der Waals surface area contributed by atoms with E-state index in [0.29, 0.717) is 3.63 Å². The van der Waals surface area contributed by atoms with Gasteiger partial charge < -0.3 is 0 Å². The Balaban J connectivity index is 0.00000181. The van der Waals surface area contributed by atoms with Crippen LogP contribution in [0.3, 0.4) is 0 Å². The maximum atomic E-state index is 4.07. The molecule has 0 bridgehead atoms. The van der Waals surface area contributed by atoms with Crippen LogP contribution in [-0.4, -0.2) is 10.9 Å². The van der Waals surface area contributed by atoms with Gasteiger partial charge in [0.15, 0.2) is 0 Å². The molecule has 1 aromatic heterocycles. The predicted octanol–water partition coefficient (Wildman–Crippen LogP) is 8.51. The molecule has 1 unspecified atom stereocenters. The maximum absolute atomic E-state index is 4.07. The first-order valence-corrected chi connectivity index (χ1v) is 23.7. The molecule has 5 heteroatoms. The van der Waals surface area contributed by atoms with Gasteiger partial charge in [0.1, 0.15) is 0 Å². The molecule has 0 saturated carbocycles. The van der Waals surface area contributed by atoms with Gasteiger partial charge in [-0.15, -0.1) is 24.8 Å². The molecule has 1 aliphatic rings. The number of benzene rings is 2. The number of aromatic nitrogens is 1. The first-order valence-electron chi connectivity index (χ1n) is 11.5. The summed E-state index contributed by atoms with van der Waals surface area (Å²) in [5, 5.41) is 1.37. The molecule has 1 heterocycles. The molecular formula is C27H40Cl2NSiZr. The summed E-state index contributed by atoms with van der Waals surface area (Å²) in [5.41, 5.74) is 4.31. The molecule has 2 aromatic carbocycles. The molecule has 1 N–H and O–H groups in total. The number of allylic oxidation sites excluding steroid dienone is 1. The van der Waals surface area contributed by atoms with Crippen LogP contribution in [0, 0.1) is 0 Å². The van der Waals surface area contributed by atoms with Crippen molar-refractivity contribution in [3.05, 3.63) is 71.8 Å². The van der Waals surface area contributed by atoms with E-state index in [1.54, 1.807) is 8.97 Å². The molecule has 0 radical (unpaired) electrons. The second-order valence-electron chi connectivity index (χ2n) is 11.8. The Bertz CT molecular complexity index is 1090. The molecule has 0 saturated heterocycles. The summed E-state index contributed by atoms with van der Waals surface area (Å²) < 4.78 is 2.66. The molecule has 175 valence electrons. The average Bonchev–Trinajstić information content (AvgIpc) is 3.25. The molecule has 1 atom stereocenters. The number of halogens is 2. The second-order valence-corrected chi connectivity index (χ2v) is 46.9. The zero-order valence-corrected chi connectivity index (χ0v) is 26.1.